The van der Waals surface area contributed by atoms with E-state index in [-0.39, 0.29) is 6.04 Å². The van der Waals surface area contributed by atoms with Crippen molar-refractivity contribution in [1.82, 2.24) is 19.7 Å². The molecule has 172 valence electrons. The Balaban J connectivity index is 0.000000769. The van der Waals surface area contributed by atoms with Crippen molar-refractivity contribution in [1.29, 1.82) is 0 Å². The summed E-state index contributed by atoms with van der Waals surface area (Å²) in [4.78, 5) is 8.39. The lowest BCUT2D eigenvalue weighted by Crippen LogP contribution is -2.05. The number of nitrogens with one attached hydrogen (secondary N) is 1. The summed E-state index contributed by atoms with van der Waals surface area (Å²) in [6, 6.07) is 3.44. The number of hydrazone groups is 1. The molecule has 0 radical (unpaired) electrons. The van der Waals surface area contributed by atoms with Gasteiger partial charge in [0.05, 0.1) is 37.2 Å². The Labute approximate surface area is 187 Å². The maximum atomic E-state index is 13.2. The summed E-state index contributed by atoms with van der Waals surface area (Å²) in [6.45, 7) is 9.94. The fraction of sp³-hybridized carbons (Fsp3) is 0.304. The molecule has 32 heavy (non-hydrogen) atoms. The topological polar surface area (TPSA) is 77.2 Å². The summed E-state index contributed by atoms with van der Waals surface area (Å²) in [5.74, 6) is -1.39. The lowest BCUT2D eigenvalue weighted by molar-refractivity contribution is 0.333. The molecule has 1 N–H and O–H groups in total. The van der Waals surface area contributed by atoms with Crippen molar-refractivity contribution in [2.24, 2.45) is 5.10 Å². The lowest BCUT2D eigenvalue weighted by Gasteiger charge is -2.08. The molecule has 0 aliphatic rings. The second kappa shape index (κ2) is 14.4. The molecule has 1 atom stereocenters. The van der Waals surface area contributed by atoms with E-state index in [1.54, 1.807) is 24.3 Å². The van der Waals surface area contributed by atoms with Crippen molar-refractivity contribution in [3.05, 3.63) is 72.4 Å². The molecule has 0 fully saturated rings. The van der Waals surface area contributed by atoms with Crippen LogP contribution in [0.3, 0.4) is 0 Å². The van der Waals surface area contributed by atoms with Gasteiger partial charge in [0.2, 0.25) is 0 Å². The number of hydrogen-bond donors (Lipinski definition) is 1. The van der Waals surface area contributed by atoms with Crippen LogP contribution < -0.4 is 5.43 Å². The normalized spacial score (nSPS) is 11.9. The van der Waals surface area contributed by atoms with Gasteiger partial charge in [-0.05, 0) is 44.5 Å². The SMILES string of the molecule is C/C=C\C.CC.CO/C=C/C(C)n1ncc2c(N/N=C/c3ccc(F)c(F)c3)ncnc21. The first-order valence-electron chi connectivity index (χ1n) is 10.2. The quantitative estimate of drug-likeness (QED) is 0.222. The third-order valence-electron chi connectivity index (χ3n) is 3.93. The monoisotopic (exact) mass is 444 g/mol. The molecular formula is C23H30F2N6O. The predicted octanol–water partition coefficient (Wildman–Crippen LogP) is 5.88. The molecule has 0 aliphatic heterocycles. The molecule has 0 saturated carbocycles. The van der Waals surface area contributed by atoms with Crippen LogP contribution >= 0.6 is 0 Å². The van der Waals surface area contributed by atoms with E-state index in [1.165, 1.54) is 18.6 Å². The van der Waals surface area contributed by atoms with E-state index in [9.17, 15) is 8.78 Å². The second-order valence-electron chi connectivity index (χ2n) is 6.06. The zero-order valence-corrected chi connectivity index (χ0v) is 19.3. The Morgan fingerprint density at radius 1 is 1.12 bits per heavy atom. The summed E-state index contributed by atoms with van der Waals surface area (Å²) >= 11 is 0. The Bertz CT molecular complexity index is 1040. The van der Waals surface area contributed by atoms with Crippen molar-refractivity contribution in [2.75, 3.05) is 12.5 Å². The van der Waals surface area contributed by atoms with Gasteiger partial charge in [-0.25, -0.2) is 23.4 Å². The van der Waals surface area contributed by atoms with E-state index >= 15 is 0 Å². The fourth-order valence-electron chi connectivity index (χ4n) is 2.28. The maximum Gasteiger partial charge on any atom is 0.163 e. The number of fused-ring (bicyclic) bond motifs is 1. The van der Waals surface area contributed by atoms with Crippen molar-refractivity contribution >= 4 is 23.1 Å². The van der Waals surface area contributed by atoms with Gasteiger partial charge < -0.3 is 4.74 Å². The van der Waals surface area contributed by atoms with Crippen LogP contribution in [0.5, 0.6) is 0 Å². The van der Waals surface area contributed by atoms with Crippen molar-refractivity contribution in [3.8, 4) is 0 Å². The lowest BCUT2D eigenvalue weighted by atomic mass is 10.2. The van der Waals surface area contributed by atoms with Gasteiger partial charge in [-0.15, -0.1) is 0 Å². The molecule has 1 unspecified atom stereocenters. The Morgan fingerprint density at radius 2 is 1.84 bits per heavy atom. The van der Waals surface area contributed by atoms with E-state index in [2.05, 4.69) is 25.6 Å². The Hall–Kier alpha value is -3.62. The molecule has 0 bridgehead atoms. The molecule has 3 rings (SSSR count). The zero-order valence-electron chi connectivity index (χ0n) is 19.3. The number of ether oxygens (including phenoxy) is 1. The number of aromatic nitrogens is 4. The van der Waals surface area contributed by atoms with Gasteiger partial charge in [-0.2, -0.15) is 10.2 Å². The number of methoxy groups -OCH3 is 1. The van der Waals surface area contributed by atoms with Crippen molar-refractivity contribution < 1.29 is 13.5 Å². The Kier molecular flexibility index (Phi) is 11.9. The van der Waals surface area contributed by atoms with Gasteiger partial charge in [-0.3, -0.25) is 5.43 Å². The Morgan fingerprint density at radius 3 is 2.47 bits per heavy atom. The highest BCUT2D eigenvalue weighted by Gasteiger charge is 2.12. The van der Waals surface area contributed by atoms with Crippen molar-refractivity contribution in [3.63, 3.8) is 0 Å². The number of benzene rings is 1. The van der Waals surface area contributed by atoms with E-state index in [0.29, 0.717) is 22.4 Å². The van der Waals surface area contributed by atoms with E-state index in [0.717, 1.165) is 12.1 Å². The molecule has 2 heterocycles. The molecule has 0 aliphatic carbocycles. The third-order valence-corrected chi connectivity index (χ3v) is 3.93. The number of allylic oxidation sites excluding steroid dienone is 3. The van der Waals surface area contributed by atoms with Crippen LogP contribution in [0.2, 0.25) is 0 Å². The number of hydrogen-bond acceptors (Lipinski definition) is 6. The van der Waals surface area contributed by atoms with Crippen molar-refractivity contribution in [2.45, 2.75) is 40.7 Å². The summed E-state index contributed by atoms with van der Waals surface area (Å²) < 4.78 is 32.8. The first-order chi connectivity index (χ1) is 15.5. The number of anilines is 1. The highest BCUT2D eigenvalue weighted by Crippen LogP contribution is 2.21. The summed E-state index contributed by atoms with van der Waals surface area (Å²) in [6.07, 6.45) is 11.8. The minimum absolute atomic E-state index is 0.0686. The molecule has 3 aromatic rings. The first-order valence-corrected chi connectivity index (χ1v) is 10.2. The maximum absolute atomic E-state index is 13.2. The number of rotatable bonds is 6. The van der Waals surface area contributed by atoms with Gasteiger partial charge in [-0.1, -0.05) is 32.1 Å². The fourth-order valence-corrected chi connectivity index (χ4v) is 2.28. The van der Waals surface area contributed by atoms with Crippen LogP contribution in [0, 0.1) is 11.6 Å². The minimum atomic E-state index is -0.933. The summed E-state index contributed by atoms with van der Waals surface area (Å²) in [7, 11) is 1.57. The summed E-state index contributed by atoms with van der Waals surface area (Å²) in [5.41, 5.74) is 3.81. The largest absolute Gasteiger partial charge is 0.505 e. The van der Waals surface area contributed by atoms with Crippen LogP contribution in [0.25, 0.3) is 11.0 Å². The minimum Gasteiger partial charge on any atom is -0.505 e. The molecule has 1 aromatic carbocycles. The number of halogens is 2. The smallest absolute Gasteiger partial charge is 0.163 e. The van der Waals surface area contributed by atoms with E-state index in [1.807, 2.05) is 52.8 Å². The average Bonchev–Trinajstić information content (AvgIpc) is 3.26. The predicted molar refractivity (Wildman–Crippen MR) is 126 cm³/mol. The van der Waals surface area contributed by atoms with Crippen LogP contribution in [-0.4, -0.2) is 33.1 Å². The molecular weight excluding hydrogens is 414 g/mol. The molecule has 9 heteroatoms. The average molecular weight is 445 g/mol. The zero-order chi connectivity index (χ0) is 23.9. The van der Waals surface area contributed by atoms with Gasteiger partial charge in [0, 0.05) is 0 Å². The molecule has 0 spiro atoms. The standard InChI is InChI=1S/C17H16F2N6O.C4H8.C2H6/c1-11(5-6-26-2)25-17-13(9-23-25)16(20-10-21-17)24-22-8-12-3-4-14(18)15(19)7-12;1-3-4-2;1-2/h3-11H,1-2H3,(H,20,21,24);3-4H,1-2H3;1-2H3/b6-5+,22-8+;4-3-;. The van der Waals surface area contributed by atoms with Crippen LogP contribution in [0.4, 0.5) is 14.6 Å². The van der Waals surface area contributed by atoms with Gasteiger partial charge >= 0.3 is 0 Å². The highest BCUT2D eigenvalue weighted by molar-refractivity contribution is 5.87. The molecule has 2 aromatic heterocycles. The third kappa shape index (κ3) is 7.57. The van der Waals surface area contributed by atoms with Crippen LogP contribution in [0.1, 0.15) is 46.2 Å². The second-order valence-corrected chi connectivity index (χ2v) is 6.06. The van der Waals surface area contributed by atoms with Gasteiger partial charge in [0.15, 0.2) is 23.1 Å². The van der Waals surface area contributed by atoms with Crippen LogP contribution in [-0.2, 0) is 4.74 Å². The first kappa shape index (κ1) is 26.4. The molecule has 7 nitrogen and oxygen atoms in total. The van der Waals surface area contributed by atoms with Gasteiger partial charge in [0.25, 0.3) is 0 Å². The van der Waals surface area contributed by atoms with Gasteiger partial charge in [0.1, 0.15) is 6.33 Å². The summed E-state index contributed by atoms with van der Waals surface area (Å²) in [5, 5.41) is 9.01. The van der Waals surface area contributed by atoms with E-state index < -0.39 is 11.6 Å². The molecule has 0 saturated heterocycles. The molecule has 0 amide bonds. The van der Waals surface area contributed by atoms with E-state index in [4.69, 9.17) is 4.74 Å². The highest BCUT2D eigenvalue weighted by atomic mass is 19.2. The number of nitrogens with zero attached hydrogens (tertiary/aromatic N) is 5. The van der Waals surface area contributed by atoms with Crippen LogP contribution in [0.15, 0.2) is 60.3 Å².